The quantitative estimate of drug-likeness (QED) is 0.450. The molecule has 0 fully saturated rings. The number of nitrogens with one attached hydrogen (secondary N) is 1. The number of carbonyl (C=O) groups excluding carboxylic acids is 1. The van der Waals surface area contributed by atoms with Crippen LogP contribution in [0.2, 0.25) is 0 Å². The smallest absolute Gasteiger partial charge is 0.279 e. The summed E-state index contributed by atoms with van der Waals surface area (Å²) in [6.45, 7) is 3.78. The summed E-state index contributed by atoms with van der Waals surface area (Å²) in [4.78, 5) is 18.4. The van der Waals surface area contributed by atoms with Crippen molar-refractivity contribution >= 4 is 38.3 Å². The van der Waals surface area contributed by atoms with Gasteiger partial charge < -0.3 is 0 Å². The summed E-state index contributed by atoms with van der Waals surface area (Å²) in [7, 11) is 0. The van der Waals surface area contributed by atoms with Gasteiger partial charge in [-0.25, -0.2) is 9.67 Å². The first kappa shape index (κ1) is 19.5. The summed E-state index contributed by atoms with van der Waals surface area (Å²) >= 11 is 4.98. The zero-order valence-electron chi connectivity index (χ0n) is 15.9. The number of aromatic nitrogens is 4. The Morgan fingerprint density at radius 2 is 1.93 bits per heavy atom. The molecule has 0 saturated carbocycles. The van der Waals surface area contributed by atoms with Gasteiger partial charge in [-0.15, -0.1) is 16.4 Å². The van der Waals surface area contributed by atoms with Crippen LogP contribution >= 0.6 is 27.3 Å². The van der Waals surface area contributed by atoms with E-state index in [4.69, 9.17) is 0 Å². The van der Waals surface area contributed by atoms with Gasteiger partial charge in [0.15, 0.2) is 10.8 Å². The third-order valence-electron chi connectivity index (χ3n) is 4.48. The number of para-hydroxylation sites is 1. The molecule has 146 valence electrons. The first-order valence-electron chi connectivity index (χ1n) is 9.01. The molecule has 4 rings (SSSR count). The number of rotatable bonds is 5. The molecule has 0 unspecified atom stereocenters. The van der Waals surface area contributed by atoms with Crippen LogP contribution in [0.1, 0.15) is 32.3 Å². The second-order valence-corrected chi connectivity index (χ2v) is 8.56. The van der Waals surface area contributed by atoms with Crippen LogP contribution in [0.15, 0.2) is 59.1 Å². The minimum atomic E-state index is -0.313. The standard InChI is InChI=1S/C21H18BrN5OS/c1-13-18(12-15-7-6-8-16(22)11-15)29-21(23-13)24-20(28)19-14(2)27(26-25-19)17-9-4-3-5-10-17/h3-11H,12H2,1-2H3,(H,23,24,28). The van der Waals surface area contributed by atoms with E-state index in [-0.39, 0.29) is 11.6 Å². The average molecular weight is 468 g/mol. The first-order chi connectivity index (χ1) is 14.0. The fourth-order valence-corrected chi connectivity index (χ4v) is 4.43. The predicted molar refractivity (Wildman–Crippen MR) is 118 cm³/mol. The highest BCUT2D eigenvalue weighted by Gasteiger charge is 2.19. The highest BCUT2D eigenvalue weighted by atomic mass is 79.9. The Bertz CT molecular complexity index is 1170. The molecule has 2 heterocycles. The zero-order valence-corrected chi connectivity index (χ0v) is 18.3. The molecule has 2 aromatic carbocycles. The van der Waals surface area contributed by atoms with Gasteiger partial charge in [-0.05, 0) is 43.7 Å². The summed E-state index contributed by atoms with van der Waals surface area (Å²) in [5, 5.41) is 11.6. The number of carbonyl (C=O) groups is 1. The second-order valence-electron chi connectivity index (χ2n) is 6.56. The largest absolute Gasteiger partial charge is 0.296 e. The van der Waals surface area contributed by atoms with Crippen LogP contribution in [0, 0.1) is 13.8 Å². The summed E-state index contributed by atoms with van der Waals surface area (Å²) in [6.07, 6.45) is 0.766. The lowest BCUT2D eigenvalue weighted by Gasteiger charge is -2.03. The first-order valence-corrected chi connectivity index (χ1v) is 10.6. The van der Waals surface area contributed by atoms with Crippen molar-refractivity contribution in [3.63, 3.8) is 0 Å². The van der Waals surface area contributed by atoms with Crippen molar-refractivity contribution in [2.75, 3.05) is 5.32 Å². The number of hydrogen-bond acceptors (Lipinski definition) is 5. The molecule has 0 radical (unpaired) electrons. The van der Waals surface area contributed by atoms with E-state index in [9.17, 15) is 4.79 Å². The zero-order chi connectivity index (χ0) is 20.4. The molecule has 0 aliphatic carbocycles. The van der Waals surface area contributed by atoms with E-state index in [2.05, 4.69) is 48.7 Å². The summed E-state index contributed by atoms with van der Waals surface area (Å²) in [5.41, 5.74) is 3.92. The lowest BCUT2D eigenvalue weighted by Crippen LogP contribution is -2.14. The van der Waals surface area contributed by atoms with Gasteiger partial charge in [0.05, 0.1) is 17.1 Å². The minimum absolute atomic E-state index is 0.287. The molecule has 8 heteroatoms. The van der Waals surface area contributed by atoms with Crippen molar-refractivity contribution in [3.8, 4) is 5.69 Å². The van der Waals surface area contributed by atoms with E-state index in [1.165, 1.54) is 16.9 Å². The molecule has 0 bridgehead atoms. The molecular weight excluding hydrogens is 450 g/mol. The van der Waals surface area contributed by atoms with Crippen molar-refractivity contribution in [3.05, 3.63) is 86.6 Å². The Labute approximate surface area is 180 Å². The van der Waals surface area contributed by atoms with E-state index in [1.807, 2.05) is 56.3 Å². The fourth-order valence-electron chi connectivity index (χ4n) is 2.99. The molecule has 1 N–H and O–H groups in total. The van der Waals surface area contributed by atoms with Crippen LogP contribution in [-0.4, -0.2) is 25.9 Å². The van der Waals surface area contributed by atoms with E-state index in [1.54, 1.807) is 4.68 Å². The fraction of sp³-hybridized carbons (Fsp3) is 0.143. The normalized spacial score (nSPS) is 10.9. The molecule has 0 atom stereocenters. The van der Waals surface area contributed by atoms with Gasteiger partial charge in [0.25, 0.3) is 5.91 Å². The topological polar surface area (TPSA) is 72.7 Å². The van der Waals surface area contributed by atoms with Gasteiger partial charge in [0, 0.05) is 15.8 Å². The number of anilines is 1. The van der Waals surface area contributed by atoms with Gasteiger partial charge in [0.1, 0.15) is 0 Å². The molecule has 0 saturated heterocycles. The van der Waals surface area contributed by atoms with Crippen molar-refractivity contribution in [2.24, 2.45) is 0 Å². The van der Waals surface area contributed by atoms with Crippen LogP contribution in [0.4, 0.5) is 5.13 Å². The molecule has 29 heavy (non-hydrogen) atoms. The van der Waals surface area contributed by atoms with Crippen molar-refractivity contribution in [2.45, 2.75) is 20.3 Å². The Morgan fingerprint density at radius 3 is 2.69 bits per heavy atom. The van der Waals surface area contributed by atoms with E-state index in [0.29, 0.717) is 10.8 Å². The molecule has 2 aromatic heterocycles. The van der Waals surface area contributed by atoms with E-state index < -0.39 is 0 Å². The van der Waals surface area contributed by atoms with Crippen LogP contribution in [-0.2, 0) is 6.42 Å². The van der Waals surface area contributed by atoms with Gasteiger partial charge in [0.2, 0.25) is 0 Å². The van der Waals surface area contributed by atoms with Crippen molar-refractivity contribution < 1.29 is 4.79 Å². The molecule has 0 aliphatic rings. The number of halogens is 1. The number of thiazole rings is 1. The Kier molecular flexibility index (Phi) is 5.55. The van der Waals surface area contributed by atoms with Crippen molar-refractivity contribution in [1.29, 1.82) is 0 Å². The number of nitrogens with zero attached hydrogens (tertiary/aromatic N) is 4. The van der Waals surface area contributed by atoms with Gasteiger partial charge in [-0.1, -0.05) is 51.5 Å². The maximum absolute atomic E-state index is 12.7. The monoisotopic (exact) mass is 467 g/mol. The number of hydrogen-bond donors (Lipinski definition) is 1. The number of amides is 1. The molecule has 6 nitrogen and oxygen atoms in total. The Morgan fingerprint density at radius 1 is 1.14 bits per heavy atom. The van der Waals surface area contributed by atoms with Gasteiger partial charge in [-0.3, -0.25) is 10.1 Å². The maximum Gasteiger partial charge on any atom is 0.279 e. The maximum atomic E-state index is 12.7. The molecule has 4 aromatic rings. The second kappa shape index (κ2) is 8.26. The number of benzene rings is 2. The molecule has 0 aliphatic heterocycles. The van der Waals surface area contributed by atoms with Gasteiger partial charge >= 0.3 is 0 Å². The van der Waals surface area contributed by atoms with Crippen LogP contribution < -0.4 is 5.32 Å². The molecular formula is C21H18BrN5OS. The SMILES string of the molecule is Cc1nc(NC(=O)c2nnn(-c3ccccc3)c2C)sc1Cc1cccc(Br)c1. The Balaban J connectivity index is 1.52. The molecule has 0 spiro atoms. The summed E-state index contributed by atoms with van der Waals surface area (Å²) in [6, 6.07) is 17.8. The van der Waals surface area contributed by atoms with E-state index >= 15 is 0 Å². The average Bonchev–Trinajstić information content (AvgIpc) is 3.25. The van der Waals surface area contributed by atoms with Crippen LogP contribution in [0.3, 0.4) is 0 Å². The van der Waals surface area contributed by atoms with E-state index in [0.717, 1.165) is 27.2 Å². The third kappa shape index (κ3) is 4.28. The molecule has 1 amide bonds. The summed E-state index contributed by atoms with van der Waals surface area (Å²) < 4.78 is 2.70. The predicted octanol–water partition coefficient (Wildman–Crippen LogP) is 4.95. The number of aryl methyl sites for hydroxylation is 1. The van der Waals surface area contributed by atoms with Gasteiger partial charge in [-0.2, -0.15) is 0 Å². The highest BCUT2D eigenvalue weighted by Crippen LogP contribution is 2.26. The minimum Gasteiger partial charge on any atom is -0.296 e. The third-order valence-corrected chi connectivity index (χ3v) is 6.04. The lowest BCUT2D eigenvalue weighted by atomic mass is 10.1. The highest BCUT2D eigenvalue weighted by molar-refractivity contribution is 9.10. The van der Waals surface area contributed by atoms with Crippen LogP contribution in [0.25, 0.3) is 5.69 Å². The summed E-state index contributed by atoms with van der Waals surface area (Å²) in [5.74, 6) is -0.313. The lowest BCUT2D eigenvalue weighted by molar-refractivity contribution is 0.102. The van der Waals surface area contributed by atoms with Crippen LogP contribution in [0.5, 0.6) is 0 Å². The van der Waals surface area contributed by atoms with Crippen molar-refractivity contribution in [1.82, 2.24) is 20.0 Å². The Hall–Kier alpha value is -2.84.